The van der Waals surface area contributed by atoms with E-state index in [4.69, 9.17) is 12.2 Å². The van der Waals surface area contributed by atoms with E-state index in [2.05, 4.69) is 29.4 Å². The number of hydrogen-bond acceptors (Lipinski definition) is 4. The summed E-state index contributed by atoms with van der Waals surface area (Å²) in [5.41, 5.74) is 1.23. The quantitative estimate of drug-likeness (QED) is 0.786. The summed E-state index contributed by atoms with van der Waals surface area (Å²) in [6.45, 7) is 4.38. The predicted octanol–water partition coefficient (Wildman–Crippen LogP) is 3.27. The molecule has 5 nitrogen and oxygen atoms in total. The molecule has 0 unspecified atom stereocenters. The summed E-state index contributed by atoms with van der Waals surface area (Å²) in [6, 6.07) is 7.68. The molecule has 1 fully saturated rings. The third-order valence-electron chi connectivity index (χ3n) is 4.39. The minimum absolute atomic E-state index is 0.0997. The third kappa shape index (κ3) is 5.44. The number of anilines is 1. The van der Waals surface area contributed by atoms with Gasteiger partial charge in [-0.25, -0.2) is 0 Å². The summed E-state index contributed by atoms with van der Waals surface area (Å²) in [5.74, 6) is 0.0345. The number of rotatable bonds is 4. The second-order valence-corrected chi connectivity index (χ2v) is 7.90. The molecule has 7 heteroatoms. The van der Waals surface area contributed by atoms with Crippen molar-refractivity contribution >= 4 is 45.8 Å². The van der Waals surface area contributed by atoms with Crippen LogP contribution < -0.4 is 10.6 Å². The Balaban J connectivity index is 1.84. The van der Waals surface area contributed by atoms with E-state index < -0.39 is 0 Å². The van der Waals surface area contributed by atoms with Crippen molar-refractivity contribution in [1.29, 1.82) is 0 Å². The summed E-state index contributed by atoms with van der Waals surface area (Å²) < 4.78 is 0.796. The number of thiocarbonyl (C=S) groups is 1. The smallest absolute Gasteiger partial charge is 0.251 e. The van der Waals surface area contributed by atoms with Crippen LogP contribution in [0.2, 0.25) is 0 Å². The Bertz CT molecular complexity index is 624. The summed E-state index contributed by atoms with van der Waals surface area (Å²) >= 11 is 6.95. The maximum Gasteiger partial charge on any atom is 0.251 e. The van der Waals surface area contributed by atoms with Crippen molar-refractivity contribution in [2.75, 3.05) is 18.1 Å². The number of piperidine rings is 1. The van der Waals surface area contributed by atoms with Gasteiger partial charge < -0.3 is 15.5 Å². The van der Waals surface area contributed by atoms with Crippen molar-refractivity contribution in [3.63, 3.8) is 0 Å². The summed E-state index contributed by atoms with van der Waals surface area (Å²) in [7, 11) is 1.59. The van der Waals surface area contributed by atoms with Crippen molar-refractivity contribution in [3.8, 4) is 0 Å². The molecule has 1 aliphatic heterocycles. The van der Waals surface area contributed by atoms with Crippen LogP contribution in [-0.4, -0.2) is 45.9 Å². The van der Waals surface area contributed by atoms with Crippen LogP contribution in [0.4, 0.5) is 5.69 Å². The van der Waals surface area contributed by atoms with Crippen molar-refractivity contribution in [1.82, 2.24) is 10.2 Å². The van der Waals surface area contributed by atoms with Crippen LogP contribution in [0.15, 0.2) is 24.3 Å². The van der Waals surface area contributed by atoms with Crippen LogP contribution in [0.5, 0.6) is 0 Å². The van der Waals surface area contributed by atoms with E-state index in [1.54, 1.807) is 31.3 Å². The molecule has 1 aliphatic rings. The van der Waals surface area contributed by atoms with Crippen LogP contribution in [0.1, 0.15) is 43.5 Å². The molecule has 1 heterocycles. The van der Waals surface area contributed by atoms with Gasteiger partial charge in [-0.15, -0.1) is 0 Å². The first-order chi connectivity index (χ1) is 11.9. The van der Waals surface area contributed by atoms with Crippen LogP contribution in [-0.2, 0) is 4.79 Å². The van der Waals surface area contributed by atoms with Crippen molar-refractivity contribution in [2.45, 2.75) is 45.2 Å². The van der Waals surface area contributed by atoms with E-state index in [1.165, 1.54) is 18.2 Å². The fourth-order valence-corrected chi connectivity index (χ4v) is 4.40. The Morgan fingerprint density at radius 2 is 1.80 bits per heavy atom. The van der Waals surface area contributed by atoms with E-state index in [0.29, 0.717) is 23.3 Å². The Labute approximate surface area is 158 Å². The fraction of sp³-hybridized carbons (Fsp3) is 0.500. The molecule has 0 aliphatic carbocycles. The van der Waals surface area contributed by atoms with Gasteiger partial charge in [0, 0.05) is 30.4 Å². The van der Waals surface area contributed by atoms with Crippen LogP contribution in [0, 0.1) is 0 Å². The molecular weight excluding hydrogens is 354 g/mol. The topological polar surface area (TPSA) is 61.4 Å². The van der Waals surface area contributed by atoms with E-state index in [1.807, 2.05) is 0 Å². The number of thioether (sulfide) groups is 1. The minimum atomic E-state index is -0.149. The number of likely N-dealkylation sites (tertiary alicyclic amines) is 1. The van der Waals surface area contributed by atoms with Crippen molar-refractivity contribution in [2.24, 2.45) is 0 Å². The lowest BCUT2D eigenvalue weighted by atomic mass is 9.99. The second-order valence-electron chi connectivity index (χ2n) is 6.30. The molecule has 0 radical (unpaired) electrons. The molecule has 1 aromatic rings. The Morgan fingerprint density at radius 3 is 2.36 bits per heavy atom. The van der Waals surface area contributed by atoms with Gasteiger partial charge in [-0.1, -0.05) is 24.0 Å². The van der Waals surface area contributed by atoms with Crippen molar-refractivity contribution in [3.05, 3.63) is 29.8 Å². The van der Waals surface area contributed by atoms with E-state index in [0.717, 1.165) is 17.2 Å². The highest BCUT2D eigenvalue weighted by molar-refractivity contribution is 8.23. The van der Waals surface area contributed by atoms with E-state index in [-0.39, 0.29) is 17.6 Å². The maximum atomic E-state index is 12.1. The lowest BCUT2D eigenvalue weighted by Gasteiger charge is -2.40. The lowest BCUT2D eigenvalue weighted by molar-refractivity contribution is -0.113. The Morgan fingerprint density at radius 1 is 1.20 bits per heavy atom. The number of carbonyl (C=O) groups is 2. The van der Waals surface area contributed by atoms with Gasteiger partial charge in [-0.2, -0.15) is 0 Å². The standard InChI is InChI=1S/C18H25N3O2S2/c1-12-5-4-6-13(2)21(12)18(24)25-11-16(22)20-15-9-7-14(8-10-15)17(23)19-3/h7-10,12-13H,4-6,11H2,1-3H3,(H,19,23)(H,20,22)/t12-,13-/m1/s1. The second kappa shape index (κ2) is 9.20. The van der Waals surface area contributed by atoms with E-state index >= 15 is 0 Å². The molecule has 2 N–H and O–H groups in total. The highest BCUT2D eigenvalue weighted by Crippen LogP contribution is 2.26. The molecule has 1 saturated heterocycles. The molecular formula is C18H25N3O2S2. The number of nitrogens with one attached hydrogen (secondary N) is 2. The Hall–Kier alpha value is -1.60. The van der Waals surface area contributed by atoms with Crippen LogP contribution >= 0.6 is 24.0 Å². The predicted molar refractivity (Wildman–Crippen MR) is 108 cm³/mol. The zero-order valence-corrected chi connectivity index (χ0v) is 16.5. The average molecular weight is 380 g/mol. The van der Waals surface area contributed by atoms with Gasteiger partial charge in [-0.3, -0.25) is 9.59 Å². The molecule has 0 aromatic heterocycles. The molecule has 2 atom stereocenters. The highest BCUT2D eigenvalue weighted by Gasteiger charge is 2.27. The normalized spacial score (nSPS) is 20.0. The zero-order chi connectivity index (χ0) is 18.4. The highest BCUT2D eigenvalue weighted by atomic mass is 32.2. The zero-order valence-electron chi connectivity index (χ0n) is 14.9. The van der Waals surface area contributed by atoms with Crippen LogP contribution in [0.3, 0.4) is 0 Å². The number of amides is 2. The number of nitrogens with zero attached hydrogens (tertiary/aromatic N) is 1. The van der Waals surface area contributed by atoms with E-state index in [9.17, 15) is 9.59 Å². The summed E-state index contributed by atoms with van der Waals surface area (Å²) in [4.78, 5) is 25.9. The van der Waals surface area contributed by atoms with Gasteiger partial charge in [0.25, 0.3) is 5.91 Å². The van der Waals surface area contributed by atoms with Gasteiger partial charge in [0.1, 0.15) is 4.32 Å². The summed E-state index contributed by atoms with van der Waals surface area (Å²) in [5, 5.41) is 5.40. The Kier molecular flexibility index (Phi) is 7.25. The number of hydrogen-bond donors (Lipinski definition) is 2. The molecule has 1 aromatic carbocycles. The molecule has 25 heavy (non-hydrogen) atoms. The summed E-state index contributed by atoms with van der Waals surface area (Å²) in [6.07, 6.45) is 3.53. The monoisotopic (exact) mass is 379 g/mol. The average Bonchev–Trinajstić information content (AvgIpc) is 2.60. The van der Waals surface area contributed by atoms with Gasteiger partial charge in [0.05, 0.1) is 5.75 Å². The van der Waals surface area contributed by atoms with Gasteiger partial charge in [-0.05, 0) is 57.4 Å². The molecule has 0 spiro atoms. The first-order valence-electron chi connectivity index (χ1n) is 8.49. The SMILES string of the molecule is CNC(=O)c1ccc(NC(=O)CSC(=S)N2[C@H](C)CCC[C@H]2C)cc1. The van der Waals surface area contributed by atoms with Gasteiger partial charge in [0.15, 0.2) is 0 Å². The molecule has 0 saturated carbocycles. The third-order valence-corrected chi connectivity index (χ3v) is 5.82. The van der Waals surface area contributed by atoms with Crippen LogP contribution in [0.25, 0.3) is 0 Å². The molecule has 136 valence electrons. The number of benzene rings is 1. The van der Waals surface area contributed by atoms with Gasteiger partial charge >= 0.3 is 0 Å². The lowest BCUT2D eigenvalue weighted by Crippen LogP contribution is -2.45. The van der Waals surface area contributed by atoms with Gasteiger partial charge in [0.2, 0.25) is 5.91 Å². The largest absolute Gasteiger partial charge is 0.355 e. The first kappa shape index (κ1) is 19.7. The molecule has 2 rings (SSSR count). The minimum Gasteiger partial charge on any atom is -0.355 e. The van der Waals surface area contributed by atoms with Crippen molar-refractivity contribution < 1.29 is 9.59 Å². The molecule has 2 amide bonds. The maximum absolute atomic E-state index is 12.1. The first-order valence-corrected chi connectivity index (χ1v) is 9.89. The molecule has 0 bridgehead atoms. The number of carbonyl (C=O) groups excluding carboxylic acids is 2. The fourth-order valence-electron chi connectivity index (χ4n) is 3.03.